The highest BCUT2D eigenvalue weighted by molar-refractivity contribution is 6.02. The standard InChI is InChI=1S/C19H23N7O/c1-13-5-6-14(11-16(13)25-10-7-15(12-25)24(2)3)21-18(27)17-22-19-20-8-4-9-26(19)23-17/h4-6,8-9,11,15H,7,10,12H2,1-3H3,(H,21,27). The quantitative estimate of drug-likeness (QED) is 0.760. The van der Waals surface area contributed by atoms with Crippen molar-refractivity contribution < 1.29 is 4.79 Å². The summed E-state index contributed by atoms with van der Waals surface area (Å²) in [5.41, 5.74) is 3.09. The van der Waals surface area contributed by atoms with Gasteiger partial charge in [-0.3, -0.25) is 4.79 Å². The summed E-state index contributed by atoms with van der Waals surface area (Å²) < 4.78 is 1.49. The molecule has 1 aliphatic heterocycles. The van der Waals surface area contributed by atoms with Crippen LogP contribution < -0.4 is 10.2 Å². The molecular weight excluding hydrogens is 342 g/mol. The third-order valence-corrected chi connectivity index (χ3v) is 5.02. The smallest absolute Gasteiger partial charge is 0.295 e. The van der Waals surface area contributed by atoms with E-state index in [4.69, 9.17) is 0 Å². The minimum atomic E-state index is -0.345. The van der Waals surface area contributed by atoms with Crippen molar-refractivity contribution in [3.8, 4) is 0 Å². The number of carbonyl (C=O) groups is 1. The number of carbonyl (C=O) groups excluding carboxylic acids is 1. The summed E-state index contributed by atoms with van der Waals surface area (Å²) >= 11 is 0. The van der Waals surface area contributed by atoms with Gasteiger partial charge in [0.15, 0.2) is 0 Å². The van der Waals surface area contributed by atoms with Crippen molar-refractivity contribution in [2.24, 2.45) is 0 Å². The van der Waals surface area contributed by atoms with Gasteiger partial charge in [0.2, 0.25) is 5.82 Å². The molecule has 1 aromatic carbocycles. The number of hydrogen-bond acceptors (Lipinski definition) is 6. The van der Waals surface area contributed by atoms with Crippen molar-refractivity contribution in [2.45, 2.75) is 19.4 Å². The predicted octanol–water partition coefficient (Wildman–Crippen LogP) is 1.83. The van der Waals surface area contributed by atoms with Crippen LogP contribution in [0.5, 0.6) is 0 Å². The van der Waals surface area contributed by atoms with Gasteiger partial charge in [0.05, 0.1) is 0 Å². The molecule has 0 aliphatic carbocycles. The molecule has 1 N–H and O–H groups in total. The molecule has 8 nitrogen and oxygen atoms in total. The second-order valence-corrected chi connectivity index (χ2v) is 7.11. The van der Waals surface area contributed by atoms with Crippen LogP contribution in [0.15, 0.2) is 36.7 Å². The fraction of sp³-hybridized carbons (Fsp3) is 0.368. The molecule has 1 fully saturated rings. The minimum Gasteiger partial charge on any atom is -0.370 e. The average Bonchev–Trinajstić information content (AvgIpc) is 3.30. The Labute approximate surface area is 157 Å². The minimum absolute atomic E-state index is 0.102. The molecule has 2 aromatic heterocycles. The SMILES string of the molecule is Cc1ccc(NC(=O)c2nc3ncccn3n2)cc1N1CCC(N(C)C)C1. The van der Waals surface area contributed by atoms with Crippen LogP contribution in [0.1, 0.15) is 22.6 Å². The van der Waals surface area contributed by atoms with Gasteiger partial charge in [-0.1, -0.05) is 6.07 Å². The van der Waals surface area contributed by atoms with Crippen LogP contribution >= 0.6 is 0 Å². The number of fused-ring (bicyclic) bond motifs is 1. The summed E-state index contributed by atoms with van der Waals surface area (Å²) in [6.07, 6.45) is 4.47. The Morgan fingerprint density at radius 3 is 2.93 bits per heavy atom. The van der Waals surface area contributed by atoms with E-state index in [9.17, 15) is 4.79 Å². The molecule has 0 radical (unpaired) electrons. The summed E-state index contributed by atoms with van der Waals surface area (Å²) in [6.45, 7) is 4.10. The van der Waals surface area contributed by atoms with Crippen molar-refractivity contribution in [3.05, 3.63) is 48.0 Å². The molecule has 1 unspecified atom stereocenters. The Bertz CT molecular complexity index is 948. The monoisotopic (exact) mass is 365 g/mol. The van der Waals surface area contributed by atoms with Gasteiger partial charge >= 0.3 is 0 Å². The molecule has 140 valence electrons. The maximum Gasteiger partial charge on any atom is 0.295 e. The molecule has 0 saturated carbocycles. The highest BCUT2D eigenvalue weighted by Gasteiger charge is 2.25. The van der Waals surface area contributed by atoms with Gasteiger partial charge < -0.3 is 15.1 Å². The van der Waals surface area contributed by atoms with E-state index in [1.54, 1.807) is 18.5 Å². The topological polar surface area (TPSA) is 78.7 Å². The first kappa shape index (κ1) is 17.4. The number of aromatic nitrogens is 4. The van der Waals surface area contributed by atoms with Gasteiger partial charge in [-0.2, -0.15) is 4.98 Å². The molecule has 3 heterocycles. The van der Waals surface area contributed by atoms with E-state index in [-0.39, 0.29) is 11.7 Å². The normalized spacial score (nSPS) is 17.0. The van der Waals surface area contributed by atoms with Gasteiger partial charge in [-0.05, 0) is 51.2 Å². The maximum atomic E-state index is 12.5. The molecule has 1 aliphatic rings. The number of benzene rings is 1. The lowest BCUT2D eigenvalue weighted by Gasteiger charge is -2.24. The van der Waals surface area contributed by atoms with Crippen LogP contribution in [0.2, 0.25) is 0 Å². The van der Waals surface area contributed by atoms with Crippen LogP contribution in [0.25, 0.3) is 5.78 Å². The van der Waals surface area contributed by atoms with Crippen molar-refractivity contribution >= 4 is 23.1 Å². The van der Waals surface area contributed by atoms with Gasteiger partial charge in [0, 0.05) is 42.9 Å². The van der Waals surface area contributed by atoms with E-state index in [1.807, 2.05) is 18.2 Å². The number of likely N-dealkylation sites (N-methyl/N-ethyl adjacent to an activating group) is 1. The van der Waals surface area contributed by atoms with E-state index < -0.39 is 0 Å². The Balaban J connectivity index is 1.53. The number of rotatable bonds is 4. The van der Waals surface area contributed by atoms with Crippen LogP contribution in [-0.4, -0.2) is 63.6 Å². The maximum absolute atomic E-state index is 12.5. The molecule has 4 rings (SSSR count). The summed E-state index contributed by atoms with van der Waals surface area (Å²) in [7, 11) is 4.24. The fourth-order valence-corrected chi connectivity index (χ4v) is 3.43. The van der Waals surface area contributed by atoms with Crippen molar-refractivity contribution in [3.63, 3.8) is 0 Å². The number of nitrogens with zero attached hydrogens (tertiary/aromatic N) is 6. The average molecular weight is 365 g/mol. The second-order valence-electron chi connectivity index (χ2n) is 7.11. The first-order valence-corrected chi connectivity index (χ1v) is 9.02. The highest BCUT2D eigenvalue weighted by atomic mass is 16.2. The van der Waals surface area contributed by atoms with Crippen LogP contribution in [-0.2, 0) is 0 Å². The van der Waals surface area contributed by atoms with E-state index in [0.717, 1.165) is 30.9 Å². The number of hydrogen-bond donors (Lipinski definition) is 1. The highest BCUT2D eigenvalue weighted by Crippen LogP contribution is 2.28. The molecule has 0 spiro atoms. The summed E-state index contributed by atoms with van der Waals surface area (Å²) in [6, 6.07) is 8.26. The van der Waals surface area contributed by atoms with Crippen molar-refractivity contribution in [1.82, 2.24) is 24.5 Å². The Morgan fingerprint density at radius 1 is 1.33 bits per heavy atom. The van der Waals surface area contributed by atoms with Gasteiger partial charge in [0.25, 0.3) is 11.7 Å². The first-order chi connectivity index (χ1) is 13.0. The predicted molar refractivity (Wildman–Crippen MR) is 104 cm³/mol. The Morgan fingerprint density at radius 2 is 2.19 bits per heavy atom. The van der Waals surface area contributed by atoms with Crippen LogP contribution in [0.3, 0.4) is 0 Å². The zero-order chi connectivity index (χ0) is 19.0. The van der Waals surface area contributed by atoms with Crippen molar-refractivity contribution in [1.29, 1.82) is 0 Å². The molecule has 8 heteroatoms. The Hall–Kier alpha value is -3.00. The van der Waals surface area contributed by atoms with E-state index in [1.165, 1.54) is 10.1 Å². The van der Waals surface area contributed by atoms with Crippen LogP contribution in [0.4, 0.5) is 11.4 Å². The third kappa shape index (κ3) is 3.48. The van der Waals surface area contributed by atoms with Gasteiger partial charge in [-0.25, -0.2) is 9.50 Å². The third-order valence-electron chi connectivity index (χ3n) is 5.02. The van der Waals surface area contributed by atoms with Crippen molar-refractivity contribution in [2.75, 3.05) is 37.4 Å². The number of nitrogens with one attached hydrogen (secondary N) is 1. The molecule has 0 bridgehead atoms. The number of anilines is 2. The van der Waals surface area contributed by atoms with Crippen LogP contribution in [0, 0.1) is 6.92 Å². The lowest BCUT2D eigenvalue weighted by molar-refractivity contribution is 0.101. The Kier molecular flexibility index (Phi) is 4.49. The largest absolute Gasteiger partial charge is 0.370 e. The second kappa shape index (κ2) is 6.96. The molecule has 1 saturated heterocycles. The molecule has 3 aromatic rings. The zero-order valence-electron chi connectivity index (χ0n) is 15.8. The lowest BCUT2D eigenvalue weighted by Crippen LogP contribution is -2.31. The number of amides is 1. The number of aryl methyl sites for hydroxylation is 1. The van der Waals surface area contributed by atoms with E-state index >= 15 is 0 Å². The van der Waals surface area contributed by atoms with E-state index in [0.29, 0.717) is 11.8 Å². The fourth-order valence-electron chi connectivity index (χ4n) is 3.43. The molecular formula is C19H23N7O. The molecule has 27 heavy (non-hydrogen) atoms. The summed E-state index contributed by atoms with van der Waals surface area (Å²) in [5.74, 6) is 0.159. The van der Waals surface area contributed by atoms with E-state index in [2.05, 4.69) is 51.2 Å². The summed E-state index contributed by atoms with van der Waals surface area (Å²) in [4.78, 5) is 25.4. The van der Waals surface area contributed by atoms with Gasteiger partial charge in [0.1, 0.15) is 0 Å². The molecule has 1 atom stereocenters. The van der Waals surface area contributed by atoms with Gasteiger partial charge in [-0.15, -0.1) is 5.10 Å². The summed E-state index contributed by atoms with van der Waals surface area (Å²) in [5, 5.41) is 7.07. The zero-order valence-corrected chi connectivity index (χ0v) is 15.8. The first-order valence-electron chi connectivity index (χ1n) is 9.02. The molecule has 1 amide bonds. The lowest BCUT2D eigenvalue weighted by atomic mass is 10.1.